The molecule has 0 aliphatic heterocycles. The molecule has 3 aromatic rings. The Labute approximate surface area is 228 Å². The van der Waals surface area contributed by atoms with Crippen LogP contribution in [0.1, 0.15) is 30.9 Å². The minimum absolute atomic E-state index is 0.167. The van der Waals surface area contributed by atoms with E-state index in [0.717, 1.165) is 24.0 Å². The predicted molar refractivity (Wildman–Crippen MR) is 147 cm³/mol. The lowest BCUT2D eigenvalue weighted by Gasteiger charge is -2.31. The average molecular weight is 543 g/mol. The topological polar surface area (TPSA) is 67.9 Å². The van der Waals surface area contributed by atoms with Gasteiger partial charge in [-0.25, -0.2) is 0 Å². The minimum atomic E-state index is -0.749. The molecule has 0 aromatic heterocycles. The minimum Gasteiger partial charge on any atom is -0.497 e. The van der Waals surface area contributed by atoms with E-state index in [1.807, 2.05) is 30.3 Å². The fraction of sp³-hybridized carbons (Fsp3) is 0.310. The number of ether oxygens (including phenoxy) is 2. The summed E-state index contributed by atoms with van der Waals surface area (Å²) in [6.45, 7) is 2.53. The third kappa shape index (κ3) is 8.69. The Morgan fingerprint density at radius 2 is 1.62 bits per heavy atom. The molecule has 0 aliphatic carbocycles. The fourth-order valence-corrected chi connectivity index (χ4v) is 4.12. The molecule has 0 bridgehead atoms. The van der Waals surface area contributed by atoms with E-state index >= 15 is 0 Å². The van der Waals surface area contributed by atoms with Crippen LogP contribution in [0.3, 0.4) is 0 Å². The third-order valence-corrected chi connectivity index (χ3v) is 6.60. The Balaban J connectivity index is 1.88. The van der Waals surface area contributed by atoms with Gasteiger partial charge in [0.2, 0.25) is 5.91 Å². The highest BCUT2D eigenvalue weighted by Gasteiger charge is 2.30. The molecule has 0 unspecified atom stereocenters. The number of rotatable bonds is 13. The van der Waals surface area contributed by atoms with E-state index in [0.29, 0.717) is 34.5 Å². The van der Waals surface area contributed by atoms with Gasteiger partial charge in [0.25, 0.3) is 5.91 Å². The van der Waals surface area contributed by atoms with E-state index in [1.54, 1.807) is 54.5 Å². The summed E-state index contributed by atoms with van der Waals surface area (Å²) in [7, 11) is 1.58. The van der Waals surface area contributed by atoms with Crippen molar-refractivity contribution in [3.05, 3.63) is 94.0 Å². The summed E-state index contributed by atoms with van der Waals surface area (Å²) in [5, 5.41) is 3.80. The molecule has 6 nitrogen and oxygen atoms in total. The Hall–Kier alpha value is -3.22. The number of unbranched alkanes of at least 4 members (excludes halogenated alkanes) is 1. The number of carbonyl (C=O) groups is 2. The fourth-order valence-electron chi connectivity index (χ4n) is 3.79. The molecular formula is C29H32Cl2N2O4. The molecule has 0 heterocycles. The van der Waals surface area contributed by atoms with Crippen LogP contribution in [0, 0.1) is 0 Å². The molecule has 196 valence electrons. The summed E-state index contributed by atoms with van der Waals surface area (Å²) in [6.07, 6.45) is 2.16. The zero-order valence-electron chi connectivity index (χ0n) is 21.1. The second-order valence-corrected chi connectivity index (χ2v) is 9.40. The molecule has 0 aliphatic rings. The van der Waals surface area contributed by atoms with E-state index in [4.69, 9.17) is 32.7 Å². The SMILES string of the molecule is CCCCNC(=O)[C@H](Cc1ccccc1)N(Cc1ccc(Cl)c(Cl)c1)C(=O)COc1ccc(OC)cc1. The molecule has 1 N–H and O–H groups in total. The van der Waals surface area contributed by atoms with Crippen molar-refractivity contribution in [2.45, 2.75) is 38.8 Å². The molecular weight excluding hydrogens is 511 g/mol. The first kappa shape index (κ1) is 28.4. The quantitative estimate of drug-likeness (QED) is 0.271. The molecule has 8 heteroatoms. The van der Waals surface area contributed by atoms with Crippen LogP contribution in [0.15, 0.2) is 72.8 Å². The van der Waals surface area contributed by atoms with Crippen LogP contribution in [0.4, 0.5) is 0 Å². The molecule has 0 radical (unpaired) electrons. The number of halogens is 2. The van der Waals surface area contributed by atoms with Gasteiger partial charge in [0.05, 0.1) is 17.2 Å². The summed E-state index contributed by atoms with van der Waals surface area (Å²) < 4.78 is 11.0. The van der Waals surface area contributed by atoms with Gasteiger partial charge in [0.15, 0.2) is 6.61 Å². The average Bonchev–Trinajstić information content (AvgIpc) is 2.92. The van der Waals surface area contributed by atoms with Gasteiger partial charge < -0.3 is 19.7 Å². The highest BCUT2D eigenvalue weighted by atomic mass is 35.5. The van der Waals surface area contributed by atoms with Crippen LogP contribution in [-0.2, 0) is 22.6 Å². The number of nitrogens with zero attached hydrogens (tertiary/aromatic N) is 1. The Morgan fingerprint density at radius 1 is 0.919 bits per heavy atom. The molecule has 37 heavy (non-hydrogen) atoms. The van der Waals surface area contributed by atoms with Crippen LogP contribution in [0.5, 0.6) is 11.5 Å². The largest absolute Gasteiger partial charge is 0.497 e. The maximum absolute atomic E-state index is 13.6. The Bertz CT molecular complexity index is 1160. The monoisotopic (exact) mass is 542 g/mol. The number of methoxy groups -OCH3 is 1. The molecule has 0 saturated heterocycles. The van der Waals surface area contributed by atoms with Crippen LogP contribution < -0.4 is 14.8 Å². The van der Waals surface area contributed by atoms with Crippen LogP contribution >= 0.6 is 23.2 Å². The number of benzene rings is 3. The molecule has 1 atom stereocenters. The molecule has 2 amide bonds. The standard InChI is InChI=1S/C29H32Cl2N2O4/c1-3-4-16-32-29(35)27(18-21-8-6-5-7-9-21)33(19-22-10-15-25(30)26(31)17-22)28(34)20-37-24-13-11-23(36-2)12-14-24/h5-15,17,27H,3-4,16,18-20H2,1-2H3,(H,32,35)/t27-/m0/s1. The van der Waals surface area contributed by atoms with Crippen molar-refractivity contribution in [2.24, 2.45) is 0 Å². The molecule has 0 saturated carbocycles. The Morgan fingerprint density at radius 3 is 2.27 bits per heavy atom. The van der Waals surface area contributed by atoms with E-state index in [9.17, 15) is 9.59 Å². The zero-order chi connectivity index (χ0) is 26.6. The second kappa shape index (κ2) is 14.5. The van der Waals surface area contributed by atoms with Crippen molar-refractivity contribution in [3.63, 3.8) is 0 Å². The maximum Gasteiger partial charge on any atom is 0.261 e. The van der Waals surface area contributed by atoms with Crippen molar-refractivity contribution >= 4 is 35.0 Å². The normalized spacial score (nSPS) is 11.5. The lowest BCUT2D eigenvalue weighted by atomic mass is 10.0. The molecule has 3 rings (SSSR count). The Kier molecular flexibility index (Phi) is 11.1. The van der Waals surface area contributed by atoms with E-state index in [2.05, 4.69) is 12.2 Å². The maximum atomic E-state index is 13.6. The number of carbonyl (C=O) groups excluding carboxylic acids is 2. The molecule has 0 spiro atoms. The van der Waals surface area contributed by atoms with Gasteiger partial charge in [-0.05, 0) is 53.9 Å². The number of amides is 2. The van der Waals surface area contributed by atoms with Gasteiger partial charge in [-0.3, -0.25) is 9.59 Å². The van der Waals surface area contributed by atoms with Gasteiger partial charge in [-0.2, -0.15) is 0 Å². The van der Waals surface area contributed by atoms with Crippen LogP contribution in [0.2, 0.25) is 10.0 Å². The molecule has 3 aromatic carbocycles. The molecule has 0 fully saturated rings. The number of hydrogen-bond acceptors (Lipinski definition) is 4. The second-order valence-electron chi connectivity index (χ2n) is 8.58. The highest BCUT2D eigenvalue weighted by molar-refractivity contribution is 6.42. The van der Waals surface area contributed by atoms with E-state index in [-0.39, 0.29) is 25.0 Å². The summed E-state index contributed by atoms with van der Waals surface area (Å²) in [5.74, 6) is 0.672. The third-order valence-electron chi connectivity index (χ3n) is 5.86. The van der Waals surface area contributed by atoms with Gasteiger partial charge in [0.1, 0.15) is 17.5 Å². The first-order valence-electron chi connectivity index (χ1n) is 12.2. The van der Waals surface area contributed by atoms with Crippen molar-refractivity contribution < 1.29 is 19.1 Å². The lowest BCUT2D eigenvalue weighted by Crippen LogP contribution is -2.51. The lowest BCUT2D eigenvalue weighted by molar-refractivity contribution is -0.142. The van der Waals surface area contributed by atoms with Gasteiger partial charge in [-0.15, -0.1) is 0 Å². The van der Waals surface area contributed by atoms with Crippen molar-refractivity contribution in [1.29, 1.82) is 0 Å². The summed E-state index contributed by atoms with van der Waals surface area (Å²) in [5.41, 5.74) is 1.70. The smallest absolute Gasteiger partial charge is 0.261 e. The summed E-state index contributed by atoms with van der Waals surface area (Å²) >= 11 is 12.4. The number of hydrogen-bond donors (Lipinski definition) is 1. The first-order chi connectivity index (χ1) is 17.9. The zero-order valence-corrected chi connectivity index (χ0v) is 22.6. The van der Waals surface area contributed by atoms with Gasteiger partial charge >= 0.3 is 0 Å². The van der Waals surface area contributed by atoms with Gasteiger partial charge in [-0.1, -0.05) is 72.9 Å². The van der Waals surface area contributed by atoms with Crippen LogP contribution in [0.25, 0.3) is 0 Å². The van der Waals surface area contributed by atoms with Crippen molar-refractivity contribution in [3.8, 4) is 11.5 Å². The van der Waals surface area contributed by atoms with Gasteiger partial charge in [0, 0.05) is 19.5 Å². The number of nitrogens with one attached hydrogen (secondary N) is 1. The predicted octanol–water partition coefficient (Wildman–Crippen LogP) is 5.94. The van der Waals surface area contributed by atoms with Crippen molar-refractivity contribution in [2.75, 3.05) is 20.3 Å². The summed E-state index contributed by atoms with van der Waals surface area (Å²) in [6, 6.07) is 21.1. The van der Waals surface area contributed by atoms with Crippen molar-refractivity contribution in [1.82, 2.24) is 10.2 Å². The summed E-state index contributed by atoms with van der Waals surface area (Å²) in [4.78, 5) is 28.6. The van der Waals surface area contributed by atoms with E-state index in [1.165, 1.54) is 0 Å². The van der Waals surface area contributed by atoms with E-state index < -0.39 is 6.04 Å². The van der Waals surface area contributed by atoms with Crippen LogP contribution in [-0.4, -0.2) is 43.0 Å². The first-order valence-corrected chi connectivity index (χ1v) is 13.0. The highest BCUT2D eigenvalue weighted by Crippen LogP contribution is 2.24.